The van der Waals surface area contributed by atoms with Crippen LogP contribution in [0.4, 0.5) is 0 Å². The van der Waals surface area contributed by atoms with Gasteiger partial charge in [-0.3, -0.25) is 4.79 Å². The van der Waals surface area contributed by atoms with Crippen molar-refractivity contribution in [3.05, 3.63) is 66.0 Å². The number of nitrogens with one attached hydrogen (secondary N) is 1. The molecule has 0 saturated carbocycles. The first kappa shape index (κ1) is 13.2. The number of fused-ring (bicyclic) bond motifs is 1. The monoisotopic (exact) mass is 281 g/mol. The summed E-state index contributed by atoms with van der Waals surface area (Å²) in [7, 11) is 1.58. The van der Waals surface area contributed by atoms with Gasteiger partial charge >= 0.3 is 0 Å². The highest BCUT2D eigenvalue weighted by Gasteiger charge is 2.08. The Kier molecular flexibility index (Phi) is 3.55. The predicted octanol–water partition coefficient (Wildman–Crippen LogP) is 2.27. The zero-order valence-electron chi connectivity index (χ0n) is 11.6. The topological polar surface area (TPSA) is 55.6 Å². The van der Waals surface area contributed by atoms with Gasteiger partial charge in [-0.25, -0.2) is 4.52 Å². The minimum absolute atomic E-state index is 0.147. The Bertz CT molecular complexity index is 747. The highest BCUT2D eigenvalue weighted by atomic mass is 16.5. The lowest BCUT2D eigenvalue weighted by molar-refractivity contribution is 0.0950. The molecule has 2 heterocycles. The van der Waals surface area contributed by atoms with Gasteiger partial charge in [-0.1, -0.05) is 12.1 Å². The van der Waals surface area contributed by atoms with Crippen LogP contribution in [-0.2, 0) is 6.54 Å². The lowest BCUT2D eigenvalue weighted by Crippen LogP contribution is -2.23. The Labute approximate surface area is 122 Å². The molecule has 3 aromatic rings. The number of nitrogens with zero attached hydrogens (tertiary/aromatic N) is 2. The van der Waals surface area contributed by atoms with Crippen molar-refractivity contribution in [3.8, 4) is 5.75 Å². The van der Waals surface area contributed by atoms with E-state index in [-0.39, 0.29) is 5.91 Å². The van der Waals surface area contributed by atoms with Gasteiger partial charge in [0.1, 0.15) is 5.75 Å². The Morgan fingerprint density at radius 1 is 1.24 bits per heavy atom. The van der Waals surface area contributed by atoms with Crippen LogP contribution >= 0.6 is 0 Å². The minimum atomic E-state index is -0.147. The van der Waals surface area contributed by atoms with E-state index in [1.54, 1.807) is 35.9 Å². The Morgan fingerprint density at radius 3 is 2.95 bits per heavy atom. The molecule has 106 valence electrons. The van der Waals surface area contributed by atoms with E-state index >= 15 is 0 Å². The van der Waals surface area contributed by atoms with Gasteiger partial charge in [0.15, 0.2) is 0 Å². The number of carbonyl (C=O) groups excluding carboxylic acids is 1. The lowest BCUT2D eigenvalue weighted by Gasteiger charge is -2.05. The third kappa shape index (κ3) is 2.86. The summed E-state index contributed by atoms with van der Waals surface area (Å²) >= 11 is 0. The number of rotatable bonds is 4. The van der Waals surface area contributed by atoms with Gasteiger partial charge < -0.3 is 10.1 Å². The quantitative estimate of drug-likeness (QED) is 0.798. The smallest absolute Gasteiger partial charge is 0.251 e. The van der Waals surface area contributed by atoms with Crippen LogP contribution < -0.4 is 10.1 Å². The molecule has 1 amide bonds. The van der Waals surface area contributed by atoms with Gasteiger partial charge in [-0.2, -0.15) is 5.10 Å². The standard InChI is InChI=1S/C16H15N3O2/c1-21-15-7-4-5-12(9-15)16(20)17-11-13-10-14-6-2-3-8-19(14)18-13/h2-10H,11H2,1H3,(H,17,20). The summed E-state index contributed by atoms with van der Waals surface area (Å²) in [6.07, 6.45) is 1.88. The van der Waals surface area contributed by atoms with Crippen LogP contribution in [-0.4, -0.2) is 22.6 Å². The van der Waals surface area contributed by atoms with E-state index in [2.05, 4.69) is 10.4 Å². The van der Waals surface area contributed by atoms with E-state index in [1.807, 2.05) is 30.5 Å². The Hall–Kier alpha value is -2.82. The molecule has 5 heteroatoms. The molecule has 0 fully saturated rings. The zero-order valence-corrected chi connectivity index (χ0v) is 11.6. The van der Waals surface area contributed by atoms with E-state index in [1.165, 1.54) is 0 Å². The van der Waals surface area contributed by atoms with Crippen molar-refractivity contribution in [2.75, 3.05) is 7.11 Å². The van der Waals surface area contributed by atoms with Crippen LogP contribution in [0.15, 0.2) is 54.7 Å². The molecule has 0 unspecified atom stereocenters. The number of pyridine rings is 1. The van der Waals surface area contributed by atoms with Crippen LogP contribution in [0, 0.1) is 0 Å². The van der Waals surface area contributed by atoms with Crippen molar-refractivity contribution < 1.29 is 9.53 Å². The highest BCUT2D eigenvalue weighted by molar-refractivity contribution is 5.94. The van der Waals surface area contributed by atoms with E-state index in [4.69, 9.17) is 4.74 Å². The molecule has 0 aliphatic carbocycles. The summed E-state index contributed by atoms with van der Waals surface area (Å²) < 4.78 is 6.90. The minimum Gasteiger partial charge on any atom is -0.497 e. The number of carbonyl (C=O) groups is 1. The number of methoxy groups -OCH3 is 1. The van der Waals surface area contributed by atoms with Gasteiger partial charge in [0.2, 0.25) is 0 Å². The van der Waals surface area contributed by atoms with Crippen LogP contribution in [0.5, 0.6) is 5.75 Å². The SMILES string of the molecule is COc1cccc(C(=O)NCc2cc3ccccn3n2)c1. The predicted molar refractivity (Wildman–Crippen MR) is 79.4 cm³/mol. The van der Waals surface area contributed by atoms with Crippen molar-refractivity contribution in [2.24, 2.45) is 0 Å². The Balaban J connectivity index is 1.70. The summed E-state index contributed by atoms with van der Waals surface area (Å²) in [5.74, 6) is 0.515. The second-order valence-corrected chi connectivity index (χ2v) is 4.62. The fourth-order valence-corrected chi connectivity index (χ4v) is 2.11. The first-order valence-electron chi connectivity index (χ1n) is 6.62. The average Bonchev–Trinajstić information content (AvgIpc) is 2.95. The van der Waals surface area contributed by atoms with Crippen LogP contribution in [0.2, 0.25) is 0 Å². The maximum Gasteiger partial charge on any atom is 0.251 e. The van der Waals surface area contributed by atoms with Gasteiger partial charge in [0, 0.05) is 11.8 Å². The molecular weight excluding hydrogens is 266 g/mol. The van der Waals surface area contributed by atoms with Crippen molar-refractivity contribution in [1.29, 1.82) is 0 Å². The summed E-state index contributed by atoms with van der Waals surface area (Å²) in [5.41, 5.74) is 2.39. The fourth-order valence-electron chi connectivity index (χ4n) is 2.11. The second-order valence-electron chi connectivity index (χ2n) is 4.62. The summed E-state index contributed by atoms with van der Waals surface area (Å²) in [6, 6.07) is 14.8. The number of aromatic nitrogens is 2. The molecule has 0 saturated heterocycles. The molecule has 21 heavy (non-hydrogen) atoms. The van der Waals surface area contributed by atoms with Crippen molar-refractivity contribution in [2.45, 2.75) is 6.54 Å². The molecule has 3 rings (SSSR count). The van der Waals surface area contributed by atoms with Crippen molar-refractivity contribution in [1.82, 2.24) is 14.9 Å². The molecule has 0 atom stereocenters. The third-order valence-corrected chi connectivity index (χ3v) is 3.18. The first-order chi connectivity index (χ1) is 10.3. The van der Waals surface area contributed by atoms with Crippen molar-refractivity contribution in [3.63, 3.8) is 0 Å². The molecular formula is C16H15N3O2. The molecule has 0 aliphatic rings. The van der Waals surface area contributed by atoms with Gasteiger partial charge in [0.25, 0.3) is 5.91 Å². The molecule has 5 nitrogen and oxygen atoms in total. The van der Waals surface area contributed by atoms with E-state index in [0.717, 1.165) is 11.2 Å². The fraction of sp³-hybridized carbons (Fsp3) is 0.125. The molecule has 2 aromatic heterocycles. The maximum atomic E-state index is 12.1. The average molecular weight is 281 g/mol. The number of ether oxygens (including phenoxy) is 1. The van der Waals surface area contributed by atoms with E-state index < -0.39 is 0 Å². The normalized spacial score (nSPS) is 10.5. The highest BCUT2D eigenvalue weighted by Crippen LogP contribution is 2.12. The van der Waals surface area contributed by atoms with E-state index in [9.17, 15) is 4.79 Å². The molecule has 0 radical (unpaired) electrons. The van der Waals surface area contributed by atoms with Gasteiger partial charge in [-0.05, 0) is 36.4 Å². The second kappa shape index (κ2) is 5.66. The van der Waals surface area contributed by atoms with E-state index in [0.29, 0.717) is 17.9 Å². The summed E-state index contributed by atoms with van der Waals surface area (Å²) in [6.45, 7) is 0.387. The van der Waals surface area contributed by atoms with Gasteiger partial charge in [0.05, 0.1) is 24.9 Å². The van der Waals surface area contributed by atoms with Crippen LogP contribution in [0.3, 0.4) is 0 Å². The van der Waals surface area contributed by atoms with Crippen LogP contribution in [0.1, 0.15) is 16.1 Å². The molecule has 1 N–H and O–H groups in total. The molecule has 0 aliphatic heterocycles. The number of hydrogen-bond donors (Lipinski definition) is 1. The third-order valence-electron chi connectivity index (χ3n) is 3.18. The van der Waals surface area contributed by atoms with Crippen LogP contribution in [0.25, 0.3) is 5.52 Å². The largest absolute Gasteiger partial charge is 0.497 e. The lowest BCUT2D eigenvalue weighted by atomic mass is 10.2. The maximum absolute atomic E-state index is 12.1. The summed E-state index contributed by atoms with van der Waals surface area (Å²) in [5, 5.41) is 7.25. The first-order valence-corrected chi connectivity index (χ1v) is 6.62. The molecule has 0 spiro atoms. The Morgan fingerprint density at radius 2 is 2.14 bits per heavy atom. The number of benzene rings is 1. The summed E-state index contributed by atoms with van der Waals surface area (Å²) in [4.78, 5) is 12.1. The molecule has 1 aromatic carbocycles. The zero-order chi connectivity index (χ0) is 14.7. The number of hydrogen-bond acceptors (Lipinski definition) is 3. The van der Waals surface area contributed by atoms with Gasteiger partial charge in [-0.15, -0.1) is 0 Å². The van der Waals surface area contributed by atoms with Crippen molar-refractivity contribution >= 4 is 11.4 Å². The number of amides is 1. The molecule has 0 bridgehead atoms.